The van der Waals surface area contributed by atoms with Crippen LogP contribution >= 0.6 is 0 Å². The molecule has 0 aliphatic carbocycles. The molecule has 0 radical (unpaired) electrons. The van der Waals surface area contributed by atoms with Crippen molar-refractivity contribution < 1.29 is 28.6 Å². The molecule has 0 aromatic carbocycles. The van der Waals surface area contributed by atoms with Crippen molar-refractivity contribution in [2.75, 3.05) is 13.2 Å². The van der Waals surface area contributed by atoms with E-state index >= 15 is 0 Å². The Kier molecular flexibility index (Phi) is 43.5. The number of hydrogen-bond donors (Lipinski definition) is 0. The van der Waals surface area contributed by atoms with Gasteiger partial charge in [-0.05, 0) is 64.2 Å². The third kappa shape index (κ3) is 44.1. The van der Waals surface area contributed by atoms with Crippen molar-refractivity contribution in [2.24, 2.45) is 0 Å². The molecule has 0 aliphatic heterocycles. The Morgan fingerprint density at radius 3 is 1.14 bits per heavy atom. The van der Waals surface area contributed by atoms with E-state index in [9.17, 15) is 14.4 Å². The summed E-state index contributed by atoms with van der Waals surface area (Å²) >= 11 is 0. The highest BCUT2D eigenvalue weighted by Crippen LogP contribution is 2.14. The van der Waals surface area contributed by atoms with Crippen LogP contribution in [0.1, 0.15) is 226 Å². The van der Waals surface area contributed by atoms with Crippen LogP contribution in [0, 0.1) is 0 Å². The van der Waals surface area contributed by atoms with Gasteiger partial charge in [0.1, 0.15) is 13.2 Å². The van der Waals surface area contributed by atoms with Crippen molar-refractivity contribution >= 4 is 17.9 Å². The molecule has 0 saturated heterocycles. The van der Waals surface area contributed by atoms with E-state index < -0.39 is 6.10 Å². The number of rotatable bonds is 42. The van der Waals surface area contributed by atoms with Crippen LogP contribution in [0.3, 0.4) is 0 Å². The standard InChI is InChI=1S/C51H88O6/c1-4-7-10-13-16-19-22-24-26-28-29-32-35-38-41-44-50(53)56-47-48(46-55-49(52)43-40-37-34-31-21-18-15-12-9-6-3)57-51(54)45-42-39-36-33-30-27-25-23-20-17-14-11-8-5-2/h7,10,13,16,19,22,24,26-27,30,48H,4-6,8-9,11-12,14-15,17-18,20-21,23,25,28-29,31-47H2,1-3H3/b10-7-,16-13-,22-19-,26-24-,30-27-. The maximum absolute atomic E-state index is 12.7. The third-order valence-electron chi connectivity index (χ3n) is 10.1. The topological polar surface area (TPSA) is 78.9 Å². The zero-order valence-electron chi connectivity index (χ0n) is 37.3. The van der Waals surface area contributed by atoms with Gasteiger partial charge >= 0.3 is 17.9 Å². The molecule has 1 unspecified atom stereocenters. The molecule has 1 atom stereocenters. The fourth-order valence-corrected chi connectivity index (χ4v) is 6.51. The first-order chi connectivity index (χ1) is 28.0. The van der Waals surface area contributed by atoms with Gasteiger partial charge in [-0.3, -0.25) is 14.4 Å². The van der Waals surface area contributed by atoms with Gasteiger partial charge in [0.2, 0.25) is 0 Å². The molecule has 0 amide bonds. The Bertz CT molecular complexity index is 1050. The first-order valence-corrected chi connectivity index (χ1v) is 23.8. The number of carbonyl (C=O) groups is 3. The first kappa shape index (κ1) is 54.1. The lowest BCUT2D eigenvalue weighted by Gasteiger charge is -2.18. The number of ether oxygens (including phenoxy) is 3. The van der Waals surface area contributed by atoms with Gasteiger partial charge in [-0.25, -0.2) is 0 Å². The molecule has 0 aliphatic rings. The zero-order chi connectivity index (χ0) is 41.5. The molecule has 0 fully saturated rings. The number of hydrogen-bond acceptors (Lipinski definition) is 6. The highest BCUT2D eigenvalue weighted by Gasteiger charge is 2.19. The summed E-state index contributed by atoms with van der Waals surface area (Å²) in [5.74, 6) is -0.929. The zero-order valence-corrected chi connectivity index (χ0v) is 37.3. The molecule has 328 valence electrons. The van der Waals surface area contributed by atoms with Crippen molar-refractivity contribution in [2.45, 2.75) is 232 Å². The van der Waals surface area contributed by atoms with Crippen LogP contribution in [0.5, 0.6) is 0 Å². The van der Waals surface area contributed by atoms with E-state index in [2.05, 4.69) is 63.3 Å². The first-order valence-electron chi connectivity index (χ1n) is 23.8. The van der Waals surface area contributed by atoms with E-state index in [0.717, 1.165) is 96.3 Å². The highest BCUT2D eigenvalue weighted by atomic mass is 16.6. The lowest BCUT2D eigenvalue weighted by molar-refractivity contribution is -0.167. The second-order valence-electron chi connectivity index (χ2n) is 15.7. The van der Waals surface area contributed by atoms with Crippen LogP contribution in [-0.4, -0.2) is 37.2 Å². The van der Waals surface area contributed by atoms with E-state index in [1.54, 1.807) is 0 Å². The minimum atomic E-state index is -0.787. The third-order valence-corrected chi connectivity index (χ3v) is 10.1. The summed E-state index contributed by atoms with van der Waals surface area (Å²) in [6.45, 7) is 6.44. The maximum atomic E-state index is 12.7. The van der Waals surface area contributed by atoms with Crippen LogP contribution in [0.15, 0.2) is 60.8 Å². The molecule has 6 heteroatoms. The Balaban J connectivity index is 4.43. The Labute approximate surface area is 351 Å². The fourth-order valence-electron chi connectivity index (χ4n) is 6.51. The van der Waals surface area contributed by atoms with Crippen LogP contribution in [0.25, 0.3) is 0 Å². The minimum absolute atomic E-state index is 0.0869. The van der Waals surface area contributed by atoms with Gasteiger partial charge in [0.25, 0.3) is 0 Å². The van der Waals surface area contributed by atoms with Crippen LogP contribution < -0.4 is 0 Å². The quantitative estimate of drug-likeness (QED) is 0.0201. The molecule has 57 heavy (non-hydrogen) atoms. The molecule has 0 spiro atoms. The summed E-state index contributed by atoms with van der Waals surface area (Å²) < 4.78 is 16.7. The molecule has 0 aromatic heterocycles. The van der Waals surface area contributed by atoms with Crippen molar-refractivity contribution in [1.82, 2.24) is 0 Å². The minimum Gasteiger partial charge on any atom is -0.462 e. The van der Waals surface area contributed by atoms with E-state index in [4.69, 9.17) is 14.2 Å². The smallest absolute Gasteiger partial charge is 0.306 e. The summed E-state index contributed by atoms with van der Waals surface area (Å²) in [7, 11) is 0. The monoisotopic (exact) mass is 797 g/mol. The van der Waals surface area contributed by atoms with E-state index in [1.165, 1.54) is 89.9 Å². The summed E-state index contributed by atoms with van der Waals surface area (Å²) in [6, 6.07) is 0. The second kappa shape index (κ2) is 45.8. The molecule has 0 rings (SSSR count). The number of allylic oxidation sites excluding steroid dienone is 10. The summed E-state index contributed by atoms with van der Waals surface area (Å²) in [6.07, 6.45) is 54.8. The SMILES string of the molecule is CC\C=C/C=C\C=C/C=C\CCCCCCCC(=O)OCC(COC(=O)CCCCCCCCCCCC)OC(=O)CCCCC/C=C\CCCCCCCCC. The molecule has 6 nitrogen and oxygen atoms in total. The van der Waals surface area contributed by atoms with Crippen molar-refractivity contribution in [3.63, 3.8) is 0 Å². The van der Waals surface area contributed by atoms with Gasteiger partial charge in [-0.2, -0.15) is 0 Å². The average Bonchev–Trinajstić information content (AvgIpc) is 3.21. The molecule has 0 bridgehead atoms. The maximum Gasteiger partial charge on any atom is 0.306 e. The molecule has 0 heterocycles. The highest BCUT2D eigenvalue weighted by molar-refractivity contribution is 5.71. The van der Waals surface area contributed by atoms with E-state index in [1.807, 2.05) is 18.2 Å². The molecule has 0 saturated carbocycles. The van der Waals surface area contributed by atoms with E-state index in [-0.39, 0.29) is 31.1 Å². The van der Waals surface area contributed by atoms with Gasteiger partial charge < -0.3 is 14.2 Å². The van der Waals surface area contributed by atoms with Gasteiger partial charge in [-0.15, -0.1) is 0 Å². The number of unbranched alkanes of at least 4 members (excludes halogenated alkanes) is 24. The fraction of sp³-hybridized carbons (Fsp3) is 0.745. The normalized spacial score (nSPS) is 12.5. The molecular formula is C51H88O6. The largest absolute Gasteiger partial charge is 0.462 e. The predicted molar refractivity (Wildman–Crippen MR) is 242 cm³/mol. The summed E-state index contributed by atoms with van der Waals surface area (Å²) in [5.41, 5.74) is 0. The lowest BCUT2D eigenvalue weighted by Crippen LogP contribution is -2.30. The summed E-state index contributed by atoms with van der Waals surface area (Å²) in [4.78, 5) is 37.8. The van der Waals surface area contributed by atoms with Crippen molar-refractivity contribution in [3.8, 4) is 0 Å². The Hall–Kier alpha value is -2.89. The van der Waals surface area contributed by atoms with Gasteiger partial charge in [0.15, 0.2) is 6.10 Å². The van der Waals surface area contributed by atoms with Gasteiger partial charge in [0, 0.05) is 19.3 Å². The lowest BCUT2D eigenvalue weighted by atomic mass is 10.1. The van der Waals surface area contributed by atoms with Gasteiger partial charge in [0.05, 0.1) is 0 Å². The summed E-state index contributed by atoms with van der Waals surface area (Å²) in [5, 5.41) is 0. The molecule has 0 N–H and O–H groups in total. The van der Waals surface area contributed by atoms with Crippen LogP contribution in [-0.2, 0) is 28.6 Å². The molecular weight excluding hydrogens is 709 g/mol. The number of carbonyl (C=O) groups excluding carboxylic acids is 3. The van der Waals surface area contributed by atoms with Crippen LogP contribution in [0.4, 0.5) is 0 Å². The molecule has 0 aromatic rings. The van der Waals surface area contributed by atoms with Crippen molar-refractivity contribution in [1.29, 1.82) is 0 Å². The van der Waals surface area contributed by atoms with Gasteiger partial charge in [-0.1, -0.05) is 204 Å². The van der Waals surface area contributed by atoms with Crippen LogP contribution in [0.2, 0.25) is 0 Å². The predicted octanol–water partition coefficient (Wildman–Crippen LogP) is 15.3. The average molecular weight is 797 g/mol. The van der Waals surface area contributed by atoms with Crippen molar-refractivity contribution in [3.05, 3.63) is 60.8 Å². The Morgan fingerprint density at radius 1 is 0.368 bits per heavy atom. The number of esters is 3. The Morgan fingerprint density at radius 2 is 0.702 bits per heavy atom. The second-order valence-corrected chi connectivity index (χ2v) is 15.7. The van der Waals surface area contributed by atoms with E-state index in [0.29, 0.717) is 19.3 Å².